The average molecular weight is 439 g/mol. The number of anilines is 1. The second-order valence-corrected chi connectivity index (χ2v) is 8.09. The lowest BCUT2D eigenvalue weighted by molar-refractivity contribution is -0.125. The molecule has 0 amide bonds. The van der Waals surface area contributed by atoms with E-state index < -0.39 is 0 Å². The van der Waals surface area contributed by atoms with Gasteiger partial charge >= 0.3 is 0 Å². The SMILES string of the molecule is NCCNC(C(=O)Cc1ccc(Cl)cc1)N1CCN(c2ncnc3ccccc23)CC1. The van der Waals surface area contributed by atoms with E-state index in [0.29, 0.717) is 24.5 Å². The molecule has 1 aromatic heterocycles. The Morgan fingerprint density at radius 1 is 1.06 bits per heavy atom. The van der Waals surface area contributed by atoms with Crippen LogP contribution in [0.15, 0.2) is 54.9 Å². The van der Waals surface area contributed by atoms with Gasteiger partial charge in [0, 0.05) is 56.1 Å². The Morgan fingerprint density at radius 3 is 2.55 bits per heavy atom. The molecule has 1 saturated heterocycles. The number of aromatic nitrogens is 2. The van der Waals surface area contributed by atoms with E-state index in [1.54, 1.807) is 6.33 Å². The molecule has 2 heterocycles. The number of Topliss-reactive ketones (excluding diaryl/α,β-unsaturated/α-hetero) is 1. The fraction of sp³-hybridized carbons (Fsp3) is 0.348. The Balaban J connectivity index is 1.44. The first kappa shape index (κ1) is 21.6. The first-order chi connectivity index (χ1) is 15.2. The summed E-state index contributed by atoms with van der Waals surface area (Å²) in [7, 11) is 0. The Morgan fingerprint density at radius 2 is 1.81 bits per heavy atom. The van der Waals surface area contributed by atoms with Crippen molar-refractivity contribution >= 4 is 34.1 Å². The number of nitrogens with two attached hydrogens (primary N) is 1. The second-order valence-electron chi connectivity index (χ2n) is 7.65. The van der Waals surface area contributed by atoms with E-state index in [2.05, 4.69) is 31.2 Å². The van der Waals surface area contributed by atoms with Crippen LogP contribution >= 0.6 is 11.6 Å². The van der Waals surface area contributed by atoms with Gasteiger partial charge < -0.3 is 10.6 Å². The summed E-state index contributed by atoms with van der Waals surface area (Å²) in [6.45, 7) is 4.16. The number of ketones is 1. The maximum absolute atomic E-state index is 13.1. The van der Waals surface area contributed by atoms with Gasteiger partial charge in [0.25, 0.3) is 0 Å². The lowest BCUT2D eigenvalue weighted by atomic mass is 10.1. The van der Waals surface area contributed by atoms with Crippen LogP contribution in [0.2, 0.25) is 5.02 Å². The first-order valence-corrected chi connectivity index (χ1v) is 10.9. The van der Waals surface area contributed by atoms with Crippen LogP contribution in [0.25, 0.3) is 10.9 Å². The molecule has 1 aliphatic heterocycles. The zero-order valence-corrected chi connectivity index (χ0v) is 18.1. The van der Waals surface area contributed by atoms with Gasteiger partial charge in [-0.3, -0.25) is 15.0 Å². The first-order valence-electron chi connectivity index (χ1n) is 10.5. The molecule has 2 aromatic carbocycles. The van der Waals surface area contributed by atoms with Crippen LogP contribution in [0.1, 0.15) is 5.56 Å². The molecule has 3 N–H and O–H groups in total. The summed E-state index contributed by atoms with van der Waals surface area (Å²) < 4.78 is 0. The normalized spacial score (nSPS) is 15.9. The number of carbonyl (C=O) groups is 1. The lowest BCUT2D eigenvalue weighted by Crippen LogP contribution is -2.59. The molecule has 8 heteroatoms. The highest BCUT2D eigenvalue weighted by Gasteiger charge is 2.29. The number of carbonyl (C=O) groups excluding carboxylic acids is 1. The van der Waals surface area contributed by atoms with Gasteiger partial charge in [0.15, 0.2) is 5.78 Å². The van der Waals surface area contributed by atoms with E-state index in [4.69, 9.17) is 17.3 Å². The summed E-state index contributed by atoms with van der Waals surface area (Å²) in [4.78, 5) is 26.5. The molecule has 0 spiro atoms. The Bertz CT molecular complexity index is 1010. The molecule has 162 valence electrons. The minimum Gasteiger partial charge on any atom is -0.353 e. The van der Waals surface area contributed by atoms with Crippen molar-refractivity contribution in [1.82, 2.24) is 20.2 Å². The molecule has 31 heavy (non-hydrogen) atoms. The fourth-order valence-corrected chi connectivity index (χ4v) is 4.13. The monoisotopic (exact) mass is 438 g/mol. The predicted molar refractivity (Wildman–Crippen MR) is 124 cm³/mol. The van der Waals surface area contributed by atoms with Gasteiger partial charge in [-0.1, -0.05) is 35.9 Å². The van der Waals surface area contributed by atoms with Gasteiger partial charge in [-0.15, -0.1) is 0 Å². The van der Waals surface area contributed by atoms with Crippen molar-refractivity contribution in [2.45, 2.75) is 12.6 Å². The Hall–Kier alpha value is -2.58. The summed E-state index contributed by atoms with van der Waals surface area (Å²) in [5.41, 5.74) is 7.60. The summed E-state index contributed by atoms with van der Waals surface area (Å²) in [5.74, 6) is 1.08. The zero-order chi connectivity index (χ0) is 21.6. The van der Waals surface area contributed by atoms with E-state index >= 15 is 0 Å². The van der Waals surface area contributed by atoms with E-state index in [-0.39, 0.29) is 11.9 Å². The molecule has 1 fully saturated rings. The molecule has 3 aromatic rings. The van der Waals surface area contributed by atoms with Crippen LogP contribution in [0.3, 0.4) is 0 Å². The van der Waals surface area contributed by atoms with Crippen molar-refractivity contribution in [2.24, 2.45) is 5.73 Å². The van der Waals surface area contributed by atoms with Gasteiger partial charge in [0.1, 0.15) is 18.3 Å². The van der Waals surface area contributed by atoms with E-state index in [0.717, 1.165) is 48.5 Å². The second kappa shape index (κ2) is 10.2. The van der Waals surface area contributed by atoms with Crippen LogP contribution < -0.4 is 16.0 Å². The molecule has 1 aliphatic rings. The van der Waals surface area contributed by atoms with Crippen molar-refractivity contribution in [3.8, 4) is 0 Å². The topological polar surface area (TPSA) is 87.4 Å². The van der Waals surface area contributed by atoms with Crippen molar-refractivity contribution in [1.29, 1.82) is 0 Å². The largest absolute Gasteiger partial charge is 0.353 e. The maximum atomic E-state index is 13.1. The molecule has 4 rings (SSSR count). The summed E-state index contributed by atoms with van der Waals surface area (Å²) in [5, 5.41) is 5.06. The van der Waals surface area contributed by atoms with E-state index in [1.165, 1.54) is 0 Å². The summed E-state index contributed by atoms with van der Waals surface area (Å²) >= 11 is 5.97. The van der Waals surface area contributed by atoms with Gasteiger partial charge in [0.2, 0.25) is 0 Å². The smallest absolute Gasteiger partial charge is 0.168 e. The van der Waals surface area contributed by atoms with Crippen molar-refractivity contribution in [3.63, 3.8) is 0 Å². The number of hydrogen-bond donors (Lipinski definition) is 2. The number of nitrogens with one attached hydrogen (secondary N) is 1. The van der Waals surface area contributed by atoms with E-state index in [1.807, 2.05) is 42.5 Å². The number of piperazine rings is 1. The van der Waals surface area contributed by atoms with Gasteiger partial charge in [-0.2, -0.15) is 0 Å². The standard InChI is InChI=1S/C23H27ClN6O/c24-18-7-5-17(6-8-18)15-21(31)23(26-10-9-25)30-13-11-29(12-14-30)22-19-3-1-2-4-20(19)27-16-28-22/h1-8,16,23,26H,9-15,25H2. The lowest BCUT2D eigenvalue weighted by Gasteiger charge is -2.39. The highest BCUT2D eigenvalue weighted by molar-refractivity contribution is 6.30. The Kier molecular flexibility index (Phi) is 7.09. The number of halogens is 1. The zero-order valence-electron chi connectivity index (χ0n) is 17.4. The molecule has 7 nitrogen and oxygen atoms in total. The molecule has 1 unspecified atom stereocenters. The summed E-state index contributed by atoms with van der Waals surface area (Å²) in [6, 6.07) is 15.5. The minimum atomic E-state index is -0.358. The van der Waals surface area contributed by atoms with Gasteiger partial charge in [-0.25, -0.2) is 9.97 Å². The number of nitrogens with zero attached hydrogens (tertiary/aromatic N) is 4. The highest BCUT2D eigenvalue weighted by Crippen LogP contribution is 2.24. The van der Waals surface area contributed by atoms with Crippen LogP contribution in [-0.2, 0) is 11.2 Å². The third kappa shape index (κ3) is 5.19. The molecule has 0 saturated carbocycles. The molecule has 0 bridgehead atoms. The number of rotatable bonds is 8. The number of hydrogen-bond acceptors (Lipinski definition) is 7. The quantitative estimate of drug-likeness (QED) is 0.556. The highest BCUT2D eigenvalue weighted by atomic mass is 35.5. The van der Waals surface area contributed by atoms with Crippen molar-refractivity contribution in [2.75, 3.05) is 44.2 Å². The van der Waals surface area contributed by atoms with Gasteiger partial charge in [0.05, 0.1) is 5.52 Å². The molecule has 0 aliphatic carbocycles. The summed E-state index contributed by atoms with van der Waals surface area (Å²) in [6.07, 6.45) is 1.62. The molecular weight excluding hydrogens is 412 g/mol. The maximum Gasteiger partial charge on any atom is 0.168 e. The third-order valence-corrected chi connectivity index (χ3v) is 5.83. The number of fused-ring (bicyclic) bond motifs is 1. The predicted octanol–water partition coefficient (Wildman–Crippen LogP) is 2.09. The molecule has 0 radical (unpaired) electrons. The number of benzene rings is 2. The molecule has 1 atom stereocenters. The van der Waals surface area contributed by atoms with Crippen molar-refractivity contribution in [3.05, 3.63) is 65.4 Å². The number of para-hydroxylation sites is 1. The average Bonchev–Trinajstić information content (AvgIpc) is 2.81. The fourth-order valence-electron chi connectivity index (χ4n) is 4.00. The molecular formula is C23H27ClN6O. The third-order valence-electron chi connectivity index (χ3n) is 5.58. The van der Waals surface area contributed by atoms with E-state index in [9.17, 15) is 4.79 Å². The minimum absolute atomic E-state index is 0.136. The van der Waals surface area contributed by atoms with Crippen LogP contribution in [-0.4, -0.2) is 66.1 Å². The van der Waals surface area contributed by atoms with Crippen LogP contribution in [0, 0.1) is 0 Å². The van der Waals surface area contributed by atoms with Gasteiger partial charge in [-0.05, 0) is 29.8 Å². The van der Waals surface area contributed by atoms with Crippen LogP contribution in [0.5, 0.6) is 0 Å². The van der Waals surface area contributed by atoms with Crippen LogP contribution in [0.4, 0.5) is 5.82 Å². The Labute approximate surface area is 187 Å². The van der Waals surface area contributed by atoms with Crippen molar-refractivity contribution < 1.29 is 4.79 Å².